The third-order valence-electron chi connectivity index (χ3n) is 2.37. The molecular formula is C12H13N3O2. The predicted molar refractivity (Wildman–Crippen MR) is 64.1 cm³/mol. The van der Waals surface area contributed by atoms with Gasteiger partial charge in [-0.3, -0.25) is 9.48 Å². The molecule has 0 saturated heterocycles. The first-order chi connectivity index (χ1) is 8.19. The number of nitrogen functional groups attached to an aromatic ring is 1. The van der Waals surface area contributed by atoms with Crippen molar-refractivity contribution in [2.45, 2.75) is 6.54 Å². The topological polar surface area (TPSA) is 70.1 Å². The van der Waals surface area contributed by atoms with Crippen LogP contribution in [0.15, 0.2) is 36.7 Å². The van der Waals surface area contributed by atoms with Crippen LogP contribution in [0.3, 0.4) is 0 Å². The zero-order valence-corrected chi connectivity index (χ0v) is 9.46. The second kappa shape index (κ2) is 4.69. The maximum absolute atomic E-state index is 11.1. The van der Waals surface area contributed by atoms with Crippen LogP contribution < -0.4 is 5.73 Å². The van der Waals surface area contributed by atoms with Gasteiger partial charge >= 0.3 is 5.97 Å². The van der Waals surface area contributed by atoms with Crippen LogP contribution in [0, 0.1) is 0 Å². The van der Waals surface area contributed by atoms with Crippen LogP contribution in [0.1, 0.15) is 0 Å². The number of aromatic nitrogens is 2. The van der Waals surface area contributed by atoms with Gasteiger partial charge in [0, 0.05) is 17.4 Å². The lowest BCUT2D eigenvalue weighted by atomic mass is 10.1. The molecule has 5 heteroatoms. The fourth-order valence-corrected chi connectivity index (χ4v) is 1.51. The molecule has 1 aromatic carbocycles. The van der Waals surface area contributed by atoms with Crippen LogP contribution in [0.5, 0.6) is 0 Å². The van der Waals surface area contributed by atoms with Gasteiger partial charge in [0.25, 0.3) is 0 Å². The quantitative estimate of drug-likeness (QED) is 0.638. The summed E-state index contributed by atoms with van der Waals surface area (Å²) in [6.07, 6.45) is 3.48. The molecule has 88 valence electrons. The van der Waals surface area contributed by atoms with E-state index in [1.165, 1.54) is 11.8 Å². The Morgan fingerprint density at radius 1 is 1.47 bits per heavy atom. The summed E-state index contributed by atoms with van der Waals surface area (Å²) in [5.74, 6) is -0.327. The second-order valence-electron chi connectivity index (χ2n) is 3.63. The molecule has 2 rings (SSSR count). The highest BCUT2D eigenvalue weighted by Crippen LogP contribution is 2.20. The molecule has 1 aromatic heterocycles. The van der Waals surface area contributed by atoms with E-state index in [1.54, 1.807) is 12.4 Å². The second-order valence-corrected chi connectivity index (χ2v) is 3.63. The van der Waals surface area contributed by atoms with E-state index in [4.69, 9.17) is 5.73 Å². The molecule has 2 N–H and O–H groups in total. The Morgan fingerprint density at radius 2 is 2.29 bits per heavy atom. The molecule has 5 nitrogen and oxygen atoms in total. The molecule has 0 aliphatic heterocycles. The molecule has 0 unspecified atom stereocenters. The summed E-state index contributed by atoms with van der Waals surface area (Å²) in [6, 6.07) is 7.50. The lowest BCUT2D eigenvalue weighted by Crippen LogP contribution is -2.11. The molecule has 1 heterocycles. The van der Waals surface area contributed by atoms with Gasteiger partial charge in [-0.05, 0) is 17.7 Å². The molecule has 0 fully saturated rings. The summed E-state index contributed by atoms with van der Waals surface area (Å²) in [5, 5.41) is 4.09. The highest BCUT2D eigenvalue weighted by Gasteiger charge is 2.05. The van der Waals surface area contributed by atoms with Gasteiger partial charge in [-0.25, -0.2) is 0 Å². The van der Waals surface area contributed by atoms with Crippen molar-refractivity contribution in [3.05, 3.63) is 36.7 Å². The van der Waals surface area contributed by atoms with E-state index >= 15 is 0 Å². The van der Waals surface area contributed by atoms with Gasteiger partial charge in [0.1, 0.15) is 6.54 Å². The summed E-state index contributed by atoms with van der Waals surface area (Å²) >= 11 is 0. The number of methoxy groups -OCH3 is 1. The van der Waals surface area contributed by atoms with Crippen molar-refractivity contribution < 1.29 is 9.53 Å². The minimum absolute atomic E-state index is 0.110. The Morgan fingerprint density at radius 3 is 3.00 bits per heavy atom. The van der Waals surface area contributed by atoms with Crippen molar-refractivity contribution in [1.82, 2.24) is 9.78 Å². The fraction of sp³-hybridized carbons (Fsp3) is 0.167. The Balaban J connectivity index is 2.21. The third kappa shape index (κ3) is 2.63. The summed E-state index contributed by atoms with van der Waals surface area (Å²) in [6.45, 7) is 0.110. The van der Waals surface area contributed by atoms with Crippen molar-refractivity contribution in [3.63, 3.8) is 0 Å². The number of carbonyl (C=O) groups is 1. The predicted octanol–water partition coefficient (Wildman–Crippen LogP) is 1.31. The number of hydrogen-bond donors (Lipinski definition) is 1. The largest absolute Gasteiger partial charge is 0.468 e. The van der Waals surface area contributed by atoms with Crippen LogP contribution in [0.25, 0.3) is 11.1 Å². The molecular weight excluding hydrogens is 218 g/mol. The van der Waals surface area contributed by atoms with Crippen molar-refractivity contribution >= 4 is 11.7 Å². The molecule has 0 bridgehead atoms. The van der Waals surface area contributed by atoms with E-state index in [-0.39, 0.29) is 12.5 Å². The van der Waals surface area contributed by atoms with Gasteiger partial charge in [-0.1, -0.05) is 12.1 Å². The van der Waals surface area contributed by atoms with Crippen molar-refractivity contribution in [2.24, 2.45) is 0 Å². The summed E-state index contributed by atoms with van der Waals surface area (Å²) in [4.78, 5) is 11.1. The molecule has 2 aromatic rings. The van der Waals surface area contributed by atoms with Gasteiger partial charge in [0.05, 0.1) is 13.3 Å². The first-order valence-electron chi connectivity index (χ1n) is 5.14. The monoisotopic (exact) mass is 231 g/mol. The first-order valence-corrected chi connectivity index (χ1v) is 5.14. The fourth-order valence-electron chi connectivity index (χ4n) is 1.51. The van der Waals surface area contributed by atoms with E-state index in [2.05, 4.69) is 9.84 Å². The molecule has 0 aliphatic carbocycles. The average Bonchev–Trinajstić information content (AvgIpc) is 2.77. The van der Waals surface area contributed by atoms with Crippen LogP contribution >= 0.6 is 0 Å². The minimum Gasteiger partial charge on any atom is -0.468 e. The lowest BCUT2D eigenvalue weighted by Gasteiger charge is -1.99. The van der Waals surface area contributed by atoms with Crippen molar-refractivity contribution in [1.29, 1.82) is 0 Å². The SMILES string of the molecule is COC(=O)Cn1cc(-c2cccc(N)c2)cn1. The third-order valence-corrected chi connectivity index (χ3v) is 2.37. The summed E-state index contributed by atoms with van der Waals surface area (Å²) < 4.78 is 6.10. The normalized spacial score (nSPS) is 10.2. The molecule has 17 heavy (non-hydrogen) atoms. The van der Waals surface area contributed by atoms with Crippen molar-refractivity contribution in [2.75, 3.05) is 12.8 Å². The van der Waals surface area contributed by atoms with Crippen LogP contribution in [-0.4, -0.2) is 22.9 Å². The number of hydrogen-bond acceptors (Lipinski definition) is 4. The van der Waals surface area contributed by atoms with E-state index in [0.717, 1.165) is 11.1 Å². The number of ether oxygens (including phenoxy) is 1. The van der Waals surface area contributed by atoms with E-state index < -0.39 is 0 Å². The minimum atomic E-state index is -0.327. The molecule has 0 aliphatic rings. The number of carbonyl (C=O) groups excluding carboxylic acids is 1. The number of nitrogens with zero attached hydrogens (tertiary/aromatic N) is 2. The zero-order valence-electron chi connectivity index (χ0n) is 9.46. The van der Waals surface area contributed by atoms with Crippen LogP contribution in [0.2, 0.25) is 0 Å². The van der Waals surface area contributed by atoms with Crippen LogP contribution in [-0.2, 0) is 16.1 Å². The highest BCUT2D eigenvalue weighted by molar-refractivity contribution is 5.70. The van der Waals surface area contributed by atoms with E-state index in [1.807, 2.05) is 24.3 Å². The van der Waals surface area contributed by atoms with E-state index in [9.17, 15) is 4.79 Å². The number of esters is 1. The number of benzene rings is 1. The lowest BCUT2D eigenvalue weighted by molar-refractivity contribution is -0.141. The Hall–Kier alpha value is -2.30. The maximum Gasteiger partial charge on any atom is 0.327 e. The highest BCUT2D eigenvalue weighted by atomic mass is 16.5. The van der Waals surface area contributed by atoms with E-state index in [0.29, 0.717) is 5.69 Å². The van der Waals surface area contributed by atoms with Crippen molar-refractivity contribution in [3.8, 4) is 11.1 Å². The molecule has 0 atom stereocenters. The number of anilines is 1. The van der Waals surface area contributed by atoms with Gasteiger partial charge in [0.2, 0.25) is 0 Å². The Labute approximate surface area is 98.8 Å². The first kappa shape index (κ1) is 11.2. The molecule has 0 amide bonds. The number of rotatable bonds is 3. The Kier molecular flexibility index (Phi) is 3.09. The smallest absolute Gasteiger partial charge is 0.327 e. The molecule has 0 radical (unpaired) electrons. The number of nitrogens with two attached hydrogens (primary N) is 1. The van der Waals surface area contributed by atoms with Gasteiger partial charge in [0.15, 0.2) is 0 Å². The average molecular weight is 231 g/mol. The maximum atomic E-state index is 11.1. The summed E-state index contributed by atoms with van der Waals surface area (Å²) in [5.41, 5.74) is 8.29. The zero-order chi connectivity index (χ0) is 12.3. The van der Waals surface area contributed by atoms with Crippen LogP contribution in [0.4, 0.5) is 5.69 Å². The van der Waals surface area contributed by atoms with Gasteiger partial charge in [-0.2, -0.15) is 5.10 Å². The Bertz CT molecular complexity index is 534. The standard InChI is InChI=1S/C12H13N3O2/c1-17-12(16)8-15-7-10(6-14-15)9-3-2-4-11(13)5-9/h2-7H,8,13H2,1H3. The summed E-state index contributed by atoms with van der Waals surface area (Å²) in [7, 11) is 1.35. The molecule has 0 saturated carbocycles. The molecule has 0 spiro atoms. The van der Waals surface area contributed by atoms with Gasteiger partial charge < -0.3 is 10.5 Å². The van der Waals surface area contributed by atoms with Gasteiger partial charge in [-0.15, -0.1) is 0 Å².